The molecular weight excluding hydrogens is 452 g/mol. The van der Waals surface area contributed by atoms with Gasteiger partial charge in [-0.3, -0.25) is 0 Å². The summed E-state index contributed by atoms with van der Waals surface area (Å²) in [6, 6.07) is 14.7. The largest absolute Gasteiger partial charge is 0.490 e. The van der Waals surface area contributed by atoms with E-state index >= 15 is 0 Å². The number of nitrogens with one attached hydrogen (secondary N) is 2. The fraction of sp³-hybridized carbons (Fsp3) is 0.182. The summed E-state index contributed by atoms with van der Waals surface area (Å²) in [6.45, 7) is 6.11. The van der Waals surface area contributed by atoms with Crippen LogP contribution in [0.3, 0.4) is 0 Å². The molecule has 0 unspecified atom stereocenters. The molecule has 150 valence electrons. The molecule has 1 aliphatic heterocycles. The molecule has 0 aliphatic carbocycles. The van der Waals surface area contributed by atoms with E-state index < -0.39 is 12.0 Å². The molecule has 0 saturated carbocycles. The quantitative estimate of drug-likeness (QED) is 0.351. The first-order valence-corrected chi connectivity index (χ1v) is 10.3. The van der Waals surface area contributed by atoms with Crippen molar-refractivity contribution in [3.05, 3.63) is 82.4 Å². The highest BCUT2D eigenvalue weighted by Gasteiger charge is 2.34. The Kier molecular flexibility index (Phi) is 7.06. The molecule has 29 heavy (non-hydrogen) atoms. The van der Waals surface area contributed by atoms with Crippen LogP contribution in [-0.2, 0) is 9.53 Å². The molecule has 2 N–H and O–H groups in total. The standard InChI is InChI=1S/C22H21BrN2O3S/c1-3-12-28-15-10-11-17(23)16(13-15)20-18(21(26)27-4-2)19(24-22(29)25-20)14-8-6-5-7-9-14/h3,5-11,13,20H,1,4,12H2,2H3,(H2,24,25,29)/t20-/m1/s1. The van der Waals surface area contributed by atoms with Crippen LogP contribution in [0.5, 0.6) is 5.75 Å². The Morgan fingerprint density at radius 3 is 2.72 bits per heavy atom. The van der Waals surface area contributed by atoms with E-state index in [2.05, 4.69) is 33.1 Å². The number of carbonyl (C=O) groups excluding carboxylic acids is 1. The molecule has 2 aromatic carbocycles. The maximum absolute atomic E-state index is 13.0. The van der Waals surface area contributed by atoms with Crippen molar-refractivity contribution in [2.24, 2.45) is 0 Å². The third kappa shape index (κ3) is 4.86. The molecule has 3 rings (SSSR count). The maximum Gasteiger partial charge on any atom is 0.338 e. The summed E-state index contributed by atoms with van der Waals surface area (Å²) in [5, 5.41) is 6.75. The first-order valence-electron chi connectivity index (χ1n) is 9.12. The lowest BCUT2D eigenvalue weighted by Gasteiger charge is -2.32. The Labute approximate surface area is 183 Å². The molecule has 1 aliphatic rings. The molecule has 0 saturated heterocycles. The Bertz CT molecular complexity index is 960. The number of thiocarbonyl (C=S) groups is 1. The van der Waals surface area contributed by atoms with Gasteiger partial charge in [-0.25, -0.2) is 4.79 Å². The third-order valence-electron chi connectivity index (χ3n) is 4.28. The van der Waals surface area contributed by atoms with Crippen LogP contribution in [0.1, 0.15) is 24.1 Å². The van der Waals surface area contributed by atoms with E-state index in [1.165, 1.54) is 0 Å². The average molecular weight is 473 g/mol. The van der Waals surface area contributed by atoms with Gasteiger partial charge >= 0.3 is 5.97 Å². The summed E-state index contributed by atoms with van der Waals surface area (Å²) < 4.78 is 11.9. The number of ether oxygens (including phenoxy) is 2. The SMILES string of the molecule is C=CCOc1ccc(Br)c([C@H]2NC(=S)NC(c3ccccc3)=C2C(=O)OCC)c1. The normalized spacial score (nSPS) is 15.9. The molecule has 7 heteroatoms. The zero-order chi connectivity index (χ0) is 20.8. The Morgan fingerprint density at radius 2 is 2.03 bits per heavy atom. The fourth-order valence-corrected chi connectivity index (χ4v) is 3.74. The fourth-order valence-electron chi connectivity index (χ4n) is 3.05. The zero-order valence-electron chi connectivity index (χ0n) is 15.9. The minimum absolute atomic E-state index is 0.269. The second-order valence-corrected chi connectivity index (χ2v) is 7.45. The second kappa shape index (κ2) is 9.71. The summed E-state index contributed by atoms with van der Waals surface area (Å²) in [7, 11) is 0. The summed E-state index contributed by atoms with van der Waals surface area (Å²) >= 11 is 9.03. The molecule has 0 radical (unpaired) electrons. The lowest BCUT2D eigenvalue weighted by Crippen LogP contribution is -2.45. The van der Waals surface area contributed by atoms with Crippen molar-refractivity contribution in [2.45, 2.75) is 13.0 Å². The van der Waals surface area contributed by atoms with Crippen molar-refractivity contribution in [2.75, 3.05) is 13.2 Å². The Balaban J connectivity index is 2.16. The number of hydrogen-bond acceptors (Lipinski definition) is 4. The van der Waals surface area contributed by atoms with Gasteiger partial charge in [-0.15, -0.1) is 0 Å². The van der Waals surface area contributed by atoms with Gasteiger partial charge in [0.25, 0.3) is 0 Å². The lowest BCUT2D eigenvalue weighted by molar-refractivity contribution is -0.138. The first-order chi connectivity index (χ1) is 14.0. The molecule has 2 aromatic rings. The number of benzene rings is 2. The van der Waals surface area contributed by atoms with Gasteiger partial charge in [0.2, 0.25) is 0 Å². The average Bonchev–Trinajstić information content (AvgIpc) is 2.73. The molecular formula is C22H21BrN2O3S. The highest BCUT2D eigenvalue weighted by Crippen LogP contribution is 2.37. The van der Waals surface area contributed by atoms with Crippen molar-refractivity contribution in [1.29, 1.82) is 0 Å². The maximum atomic E-state index is 13.0. The van der Waals surface area contributed by atoms with Gasteiger partial charge < -0.3 is 20.1 Å². The minimum atomic E-state index is -0.514. The van der Waals surface area contributed by atoms with Crippen molar-refractivity contribution in [3.63, 3.8) is 0 Å². The van der Waals surface area contributed by atoms with Gasteiger partial charge in [-0.2, -0.15) is 0 Å². The summed E-state index contributed by atoms with van der Waals surface area (Å²) in [5.41, 5.74) is 2.74. The number of halogens is 1. The predicted molar refractivity (Wildman–Crippen MR) is 121 cm³/mol. The topological polar surface area (TPSA) is 59.6 Å². The van der Waals surface area contributed by atoms with Crippen LogP contribution in [0, 0.1) is 0 Å². The zero-order valence-corrected chi connectivity index (χ0v) is 18.3. The van der Waals surface area contributed by atoms with Crippen LogP contribution >= 0.6 is 28.1 Å². The van der Waals surface area contributed by atoms with E-state index in [9.17, 15) is 4.79 Å². The number of rotatable bonds is 7. The highest BCUT2D eigenvalue weighted by atomic mass is 79.9. The van der Waals surface area contributed by atoms with Crippen LogP contribution in [0.2, 0.25) is 0 Å². The molecule has 0 bridgehead atoms. The molecule has 5 nitrogen and oxygen atoms in total. The molecule has 0 fully saturated rings. The van der Waals surface area contributed by atoms with Gasteiger partial charge in [0, 0.05) is 4.47 Å². The van der Waals surface area contributed by atoms with Gasteiger partial charge in [0.05, 0.1) is 23.9 Å². The van der Waals surface area contributed by atoms with Gasteiger partial charge in [-0.1, -0.05) is 58.9 Å². The molecule has 0 spiro atoms. The van der Waals surface area contributed by atoms with E-state index in [1.54, 1.807) is 13.0 Å². The van der Waals surface area contributed by atoms with Crippen molar-refractivity contribution < 1.29 is 14.3 Å². The van der Waals surface area contributed by atoms with Crippen LogP contribution < -0.4 is 15.4 Å². The molecule has 1 heterocycles. The summed E-state index contributed by atoms with van der Waals surface area (Å²) in [6.07, 6.45) is 1.68. The van der Waals surface area contributed by atoms with Crippen LogP contribution in [0.15, 0.2) is 71.2 Å². The highest BCUT2D eigenvalue weighted by molar-refractivity contribution is 9.10. The Morgan fingerprint density at radius 1 is 1.28 bits per heavy atom. The molecule has 0 amide bonds. The van der Waals surface area contributed by atoms with Crippen LogP contribution in [-0.4, -0.2) is 24.3 Å². The first kappa shape index (κ1) is 21.1. The molecule has 1 atom stereocenters. The third-order valence-corrected chi connectivity index (χ3v) is 5.22. The van der Waals surface area contributed by atoms with Crippen molar-refractivity contribution in [3.8, 4) is 5.75 Å². The summed E-state index contributed by atoms with van der Waals surface area (Å²) in [4.78, 5) is 13.0. The monoisotopic (exact) mass is 472 g/mol. The number of hydrogen-bond donors (Lipinski definition) is 2. The minimum Gasteiger partial charge on any atom is -0.490 e. The van der Waals surface area contributed by atoms with E-state index in [-0.39, 0.29) is 6.61 Å². The number of carbonyl (C=O) groups is 1. The smallest absolute Gasteiger partial charge is 0.338 e. The van der Waals surface area contributed by atoms with Gasteiger partial charge in [-0.05, 0) is 48.5 Å². The van der Waals surface area contributed by atoms with E-state index in [0.29, 0.717) is 28.7 Å². The van der Waals surface area contributed by atoms with Gasteiger partial charge in [0.15, 0.2) is 5.11 Å². The van der Waals surface area contributed by atoms with E-state index in [0.717, 1.165) is 15.6 Å². The Hall–Kier alpha value is -2.64. The van der Waals surface area contributed by atoms with E-state index in [4.69, 9.17) is 21.7 Å². The lowest BCUT2D eigenvalue weighted by atomic mass is 9.92. The second-order valence-electron chi connectivity index (χ2n) is 6.19. The van der Waals surface area contributed by atoms with Crippen molar-refractivity contribution in [1.82, 2.24) is 10.6 Å². The summed E-state index contributed by atoms with van der Waals surface area (Å²) in [5.74, 6) is 0.252. The number of esters is 1. The predicted octanol–water partition coefficient (Wildman–Crippen LogP) is 4.51. The molecule has 0 aromatic heterocycles. The van der Waals surface area contributed by atoms with Crippen LogP contribution in [0.4, 0.5) is 0 Å². The van der Waals surface area contributed by atoms with Crippen LogP contribution in [0.25, 0.3) is 5.70 Å². The van der Waals surface area contributed by atoms with E-state index in [1.807, 2.05) is 48.5 Å². The van der Waals surface area contributed by atoms with Gasteiger partial charge in [0.1, 0.15) is 12.4 Å². The van der Waals surface area contributed by atoms with Crippen molar-refractivity contribution >= 4 is 44.9 Å².